The van der Waals surface area contributed by atoms with E-state index >= 15 is 0 Å². The van der Waals surface area contributed by atoms with Crippen molar-refractivity contribution in [3.8, 4) is 0 Å². The number of rotatable bonds is 7. The molecule has 0 unspecified atom stereocenters. The Morgan fingerprint density at radius 3 is 2.79 bits per heavy atom. The van der Waals surface area contributed by atoms with E-state index in [9.17, 15) is 4.79 Å². The van der Waals surface area contributed by atoms with Gasteiger partial charge in [-0.25, -0.2) is 4.98 Å². The maximum Gasteiger partial charge on any atom is 0.229 e. The van der Waals surface area contributed by atoms with Crippen molar-refractivity contribution >= 4 is 22.4 Å². The third-order valence-corrected chi connectivity index (χ3v) is 7.37. The van der Waals surface area contributed by atoms with E-state index in [1.807, 2.05) is 0 Å². The number of carbonyl (C=O) groups excluding carboxylic acids is 1. The van der Waals surface area contributed by atoms with Crippen LogP contribution in [0.5, 0.6) is 0 Å². The SMILES string of the molecule is CCCCC1CCC(C(=O)Nc2nc(CN3CCc4ccccc4C3)cs2)CC1. The van der Waals surface area contributed by atoms with E-state index in [0.29, 0.717) is 0 Å². The van der Waals surface area contributed by atoms with Gasteiger partial charge in [0, 0.05) is 30.9 Å². The fraction of sp³-hybridized carbons (Fsp3) is 0.583. The number of amides is 1. The molecule has 1 aliphatic carbocycles. The minimum atomic E-state index is 0.166. The normalized spacial score (nSPS) is 22.2. The van der Waals surface area contributed by atoms with Gasteiger partial charge in [-0.1, -0.05) is 50.5 Å². The van der Waals surface area contributed by atoms with Crippen LogP contribution in [0.3, 0.4) is 0 Å². The van der Waals surface area contributed by atoms with Gasteiger partial charge in [0.15, 0.2) is 5.13 Å². The first-order chi connectivity index (χ1) is 14.2. The molecule has 1 aliphatic heterocycles. The molecule has 2 heterocycles. The lowest BCUT2D eigenvalue weighted by atomic mass is 9.79. The Kier molecular flexibility index (Phi) is 6.98. The van der Waals surface area contributed by atoms with Crippen LogP contribution in [0.2, 0.25) is 0 Å². The molecule has 0 spiro atoms. The molecule has 0 atom stereocenters. The second kappa shape index (κ2) is 9.86. The van der Waals surface area contributed by atoms with Crippen LogP contribution in [-0.2, 0) is 24.3 Å². The van der Waals surface area contributed by atoms with Crippen molar-refractivity contribution in [2.45, 2.75) is 71.4 Å². The predicted molar refractivity (Wildman–Crippen MR) is 120 cm³/mol. The van der Waals surface area contributed by atoms with Gasteiger partial charge in [0.05, 0.1) is 5.69 Å². The Morgan fingerprint density at radius 2 is 2.00 bits per heavy atom. The highest BCUT2D eigenvalue weighted by Gasteiger charge is 2.26. The van der Waals surface area contributed by atoms with E-state index in [-0.39, 0.29) is 11.8 Å². The standard InChI is InChI=1S/C24H33N3OS/c1-2-3-6-18-9-11-20(12-10-18)23(28)26-24-25-22(17-29-24)16-27-14-13-19-7-4-5-8-21(19)15-27/h4-5,7-8,17-18,20H,2-3,6,9-16H2,1H3,(H,25,26,28). The van der Waals surface area contributed by atoms with Crippen LogP contribution >= 0.6 is 11.3 Å². The molecule has 1 fully saturated rings. The van der Waals surface area contributed by atoms with Crippen molar-refractivity contribution < 1.29 is 4.79 Å². The molecule has 1 N–H and O–H groups in total. The molecule has 1 amide bonds. The Morgan fingerprint density at radius 1 is 1.21 bits per heavy atom. The Balaban J connectivity index is 1.25. The van der Waals surface area contributed by atoms with E-state index in [2.05, 4.69) is 46.8 Å². The van der Waals surface area contributed by atoms with E-state index < -0.39 is 0 Å². The summed E-state index contributed by atoms with van der Waals surface area (Å²) in [6, 6.07) is 8.71. The molecule has 2 aliphatic rings. The molecular formula is C24H33N3OS. The first kappa shape index (κ1) is 20.5. The first-order valence-electron chi connectivity index (χ1n) is 11.3. The van der Waals surface area contributed by atoms with Gasteiger partial charge >= 0.3 is 0 Å². The number of hydrogen-bond donors (Lipinski definition) is 1. The average molecular weight is 412 g/mol. The van der Waals surface area contributed by atoms with Crippen LogP contribution in [0.1, 0.15) is 68.7 Å². The largest absolute Gasteiger partial charge is 0.302 e. The van der Waals surface area contributed by atoms with Crippen molar-refractivity contribution in [1.29, 1.82) is 0 Å². The fourth-order valence-electron chi connectivity index (χ4n) is 4.77. The zero-order chi connectivity index (χ0) is 20.1. The lowest BCUT2D eigenvalue weighted by Gasteiger charge is -2.28. The van der Waals surface area contributed by atoms with Crippen LogP contribution < -0.4 is 5.32 Å². The number of nitrogens with one attached hydrogen (secondary N) is 1. The number of anilines is 1. The Hall–Kier alpha value is -1.72. The molecule has 1 aromatic heterocycles. The molecule has 1 aromatic carbocycles. The lowest BCUT2D eigenvalue weighted by molar-refractivity contribution is -0.121. The number of fused-ring (bicyclic) bond motifs is 1. The fourth-order valence-corrected chi connectivity index (χ4v) is 5.47. The van der Waals surface area contributed by atoms with Crippen LogP contribution in [0, 0.1) is 11.8 Å². The molecule has 0 radical (unpaired) electrons. The van der Waals surface area contributed by atoms with Crippen molar-refractivity contribution in [3.05, 3.63) is 46.5 Å². The topological polar surface area (TPSA) is 45.2 Å². The highest BCUT2D eigenvalue weighted by molar-refractivity contribution is 7.13. The quantitative estimate of drug-likeness (QED) is 0.641. The molecule has 0 saturated heterocycles. The third kappa shape index (κ3) is 5.46. The van der Waals surface area contributed by atoms with Crippen molar-refractivity contribution in [2.24, 2.45) is 11.8 Å². The third-order valence-electron chi connectivity index (χ3n) is 6.56. The second-order valence-electron chi connectivity index (χ2n) is 8.72. The van der Waals surface area contributed by atoms with Gasteiger partial charge in [-0.3, -0.25) is 9.69 Å². The van der Waals surface area contributed by atoms with Crippen LogP contribution in [0.15, 0.2) is 29.6 Å². The number of nitrogens with zero attached hydrogens (tertiary/aromatic N) is 2. The number of carbonyl (C=O) groups is 1. The number of aromatic nitrogens is 1. The minimum Gasteiger partial charge on any atom is -0.302 e. The summed E-state index contributed by atoms with van der Waals surface area (Å²) >= 11 is 1.56. The molecule has 1 saturated carbocycles. The molecule has 2 aromatic rings. The Labute approximate surface area is 178 Å². The zero-order valence-corrected chi connectivity index (χ0v) is 18.3. The van der Waals surface area contributed by atoms with Gasteiger partial charge in [0.1, 0.15) is 0 Å². The number of benzene rings is 1. The summed E-state index contributed by atoms with van der Waals surface area (Å²) in [7, 11) is 0. The van der Waals surface area contributed by atoms with Gasteiger partial charge < -0.3 is 5.32 Å². The minimum absolute atomic E-state index is 0.166. The summed E-state index contributed by atoms with van der Waals surface area (Å²) in [5, 5.41) is 5.95. The highest BCUT2D eigenvalue weighted by atomic mass is 32.1. The van der Waals surface area contributed by atoms with Crippen molar-refractivity contribution in [3.63, 3.8) is 0 Å². The van der Waals surface area contributed by atoms with E-state index in [0.717, 1.165) is 55.6 Å². The summed E-state index contributed by atoms with van der Waals surface area (Å²) in [6.45, 7) is 5.16. The number of thiazole rings is 1. The predicted octanol–water partition coefficient (Wildman–Crippen LogP) is 5.64. The van der Waals surface area contributed by atoms with Crippen molar-refractivity contribution in [2.75, 3.05) is 11.9 Å². The Bertz CT molecular complexity index is 810. The lowest BCUT2D eigenvalue weighted by Crippen LogP contribution is -2.30. The molecule has 156 valence electrons. The van der Waals surface area contributed by atoms with Gasteiger partial charge in [-0.2, -0.15) is 0 Å². The molecule has 0 bridgehead atoms. The maximum atomic E-state index is 12.7. The molecule has 4 rings (SSSR count). The highest BCUT2D eigenvalue weighted by Crippen LogP contribution is 2.33. The van der Waals surface area contributed by atoms with Crippen LogP contribution in [0.4, 0.5) is 5.13 Å². The summed E-state index contributed by atoms with van der Waals surface area (Å²) in [5.74, 6) is 1.17. The summed E-state index contributed by atoms with van der Waals surface area (Å²) in [6.07, 6.45) is 9.52. The summed E-state index contributed by atoms with van der Waals surface area (Å²) in [4.78, 5) is 19.8. The molecule has 29 heavy (non-hydrogen) atoms. The van der Waals surface area contributed by atoms with Gasteiger partial charge in [-0.05, 0) is 49.1 Å². The van der Waals surface area contributed by atoms with Crippen molar-refractivity contribution in [1.82, 2.24) is 9.88 Å². The monoisotopic (exact) mass is 411 g/mol. The zero-order valence-electron chi connectivity index (χ0n) is 17.5. The smallest absolute Gasteiger partial charge is 0.229 e. The van der Waals surface area contributed by atoms with E-state index in [1.165, 1.54) is 43.2 Å². The van der Waals surface area contributed by atoms with Crippen LogP contribution in [-0.4, -0.2) is 22.3 Å². The maximum absolute atomic E-state index is 12.7. The first-order valence-corrected chi connectivity index (χ1v) is 12.1. The summed E-state index contributed by atoms with van der Waals surface area (Å²) < 4.78 is 0. The number of hydrogen-bond acceptors (Lipinski definition) is 4. The summed E-state index contributed by atoms with van der Waals surface area (Å²) in [5.41, 5.74) is 3.96. The average Bonchev–Trinajstić information content (AvgIpc) is 3.19. The molecule has 5 heteroatoms. The second-order valence-corrected chi connectivity index (χ2v) is 9.58. The van der Waals surface area contributed by atoms with Crippen LogP contribution in [0.25, 0.3) is 0 Å². The molecular weight excluding hydrogens is 378 g/mol. The van der Waals surface area contributed by atoms with Gasteiger partial charge in [-0.15, -0.1) is 11.3 Å². The molecule has 4 nitrogen and oxygen atoms in total. The van der Waals surface area contributed by atoms with E-state index in [4.69, 9.17) is 4.98 Å². The van der Waals surface area contributed by atoms with Gasteiger partial charge in [0.25, 0.3) is 0 Å². The number of unbranched alkanes of at least 4 members (excludes halogenated alkanes) is 1. The van der Waals surface area contributed by atoms with Gasteiger partial charge in [0.2, 0.25) is 5.91 Å². The van der Waals surface area contributed by atoms with E-state index in [1.54, 1.807) is 11.3 Å².